The average molecular weight is 302 g/mol. The molecule has 0 bridgehead atoms. The molecule has 0 spiro atoms. The number of hydrogen-bond acceptors (Lipinski definition) is 4. The van der Waals surface area contributed by atoms with E-state index in [1.807, 2.05) is 12.3 Å². The van der Waals surface area contributed by atoms with Crippen LogP contribution in [-0.2, 0) is 5.54 Å². The molecule has 2 heterocycles. The van der Waals surface area contributed by atoms with Gasteiger partial charge in [0.1, 0.15) is 21.9 Å². The smallest absolute Gasteiger partial charge is 0.125 e. The van der Waals surface area contributed by atoms with Crippen LogP contribution in [0.4, 0.5) is 0 Å². The van der Waals surface area contributed by atoms with E-state index in [4.69, 9.17) is 4.74 Å². The summed E-state index contributed by atoms with van der Waals surface area (Å²) in [6.45, 7) is 7.46. The first-order chi connectivity index (χ1) is 10.1. The molecule has 0 saturated heterocycles. The summed E-state index contributed by atoms with van der Waals surface area (Å²) in [5.41, 5.74) is 0.733. The van der Waals surface area contributed by atoms with Crippen molar-refractivity contribution in [3.8, 4) is 5.75 Å². The number of nitrogens with zero attached hydrogens (tertiary/aromatic N) is 1. The zero-order chi connectivity index (χ0) is 14.9. The van der Waals surface area contributed by atoms with Crippen molar-refractivity contribution < 1.29 is 4.74 Å². The maximum absolute atomic E-state index is 6.19. The van der Waals surface area contributed by atoms with Crippen LogP contribution in [0.25, 0.3) is 0 Å². The molecule has 2 aromatic rings. The highest BCUT2D eigenvalue weighted by atomic mass is 32.1. The Labute approximate surface area is 130 Å². The van der Waals surface area contributed by atoms with Crippen molar-refractivity contribution in [2.45, 2.75) is 44.8 Å². The fourth-order valence-electron chi connectivity index (χ4n) is 3.17. The van der Waals surface area contributed by atoms with Gasteiger partial charge in [-0.2, -0.15) is 0 Å². The molecule has 3 rings (SSSR count). The minimum atomic E-state index is -0.247. The molecular weight excluding hydrogens is 280 g/mol. The maximum atomic E-state index is 6.19. The molecule has 3 nitrogen and oxygen atoms in total. The molecule has 0 fully saturated rings. The van der Waals surface area contributed by atoms with Crippen molar-refractivity contribution in [2.75, 3.05) is 6.54 Å². The summed E-state index contributed by atoms with van der Waals surface area (Å²) < 4.78 is 6.19. The minimum Gasteiger partial charge on any atom is -0.487 e. The van der Waals surface area contributed by atoms with Crippen LogP contribution in [-0.4, -0.2) is 17.1 Å². The van der Waals surface area contributed by atoms with Crippen LogP contribution in [0.3, 0.4) is 0 Å². The van der Waals surface area contributed by atoms with Crippen LogP contribution < -0.4 is 10.1 Å². The Morgan fingerprint density at radius 3 is 2.86 bits per heavy atom. The quantitative estimate of drug-likeness (QED) is 0.928. The van der Waals surface area contributed by atoms with Crippen molar-refractivity contribution >= 4 is 11.3 Å². The summed E-state index contributed by atoms with van der Waals surface area (Å²) in [5.74, 6) is 0.965. The number of rotatable bonds is 4. The summed E-state index contributed by atoms with van der Waals surface area (Å²) in [4.78, 5) is 4.63. The highest BCUT2D eigenvalue weighted by Gasteiger charge is 2.47. The number of ether oxygens (including phenoxy) is 1. The molecule has 112 valence electrons. The lowest BCUT2D eigenvalue weighted by Gasteiger charge is -2.45. The SMILES string of the molecule is CCCNC1(c2nccs2)CC(C)(C)Oc2ccccc21. The zero-order valence-corrected chi connectivity index (χ0v) is 13.7. The van der Waals surface area contributed by atoms with Gasteiger partial charge in [-0.1, -0.05) is 25.1 Å². The lowest BCUT2D eigenvalue weighted by Crippen LogP contribution is -2.53. The molecule has 0 radical (unpaired) electrons. The average Bonchev–Trinajstić information content (AvgIpc) is 2.98. The van der Waals surface area contributed by atoms with Crippen LogP contribution in [0, 0.1) is 0 Å². The topological polar surface area (TPSA) is 34.2 Å². The van der Waals surface area contributed by atoms with Crippen LogP contribution in [0.2, 0.25) is 0 Å². The van der Waals surface area contributed by atoms with Crippen molar-refractivity contribution in [1.29, 1.82) is 0 Å². The number of para-hydroxylation sites is 1. The van der Waals surface area contributed by atoms with Crippen LogP contribution in [0.5, 0.6) is 5.75 Å². The van der Waals surface area contributed by atoms with Gasteiger partial charge in [0.2, 0.25) is 0 Å². The van der Waals surface area contributed by atoms with Crippen molar-refractivity contribution in [1.82, 2.24) is 10.3 Å². The number of fused-ring (bicyclic) bond motifs is 1. The summed E-state index contributed by atoms with van der Waals surface area (Å²) in [6.07, 6.45) is 3.86. The first-order valence-corrected chi connectivity index (χ1v) is 8.39. The van der Waals surface area contributed by atoms with Gasteiger partial charge in [0.15, 0.2) is 0 Å². The highest BCUT2D eigenvalue weighted by molar-refractivity contribution is 7.09. The van der Waals surface area contributed by atoms with E-state index in [0.717, 1.165) is 30.1 Å². The molecular formula is C17H22N2OS. The van der Waals surface area contributed by atoms with Crippen molar-refractivity contribution in [2.24, 2.45) is 0 Å². The predicted octanol–water partition coefficient (Wildman–Crippen LogP) is 3.95. The van der Waals surface area contributed by atoms with Gasteiger partial charge in [-0.3, -0.25) is 0 Å². The fourth-order valence-corrected chi connectivity index (χ4v) is 4.00. The fraction of sp³-hybridized carbons (Fsp3) is 0.471. The molecule has 1 aromatic heterocycles. The minimum absolute atomic E-state index is 0.221. The predicted molar refractivity (Wildman–Crippen MR) is 87.0 cm³/mol. The standard InChI is InChI=1S/C17H22N2OS/c1-4-9-19-17(15-18-10-11-21-15)12-16(2,3)20-14-8-6-5-7-13(14)17/h5-8,10-11,19H,4,9,12H2,1-3H3. The number of nitrogens with one attached hydrogen (secondary N) is 1. The summed E-state index contributed by atoms with van der Waals surface area (Å²) in [7, 11) is 0. The van der Waals surface area contributed by atoms with E-state index in [1.165, 1.54) is 5.56 Å². The van der Waals surface area contributed by atoms with E-state index < -0.39 is 0 Å². The van der Waals surface area contributed by atoms with Gasteiger partial charge in [-0.15, -0.1) is 11.3 Å². The lowest BCUT2D eigenvalue weighted by atomic mass is 9.77. The molecule has 1 aliphatic heterocycles. The number of hydrogen-bond donors (Lipinski definition) is 1. The molecule has 1 unspecified atom stereocenters. The van der Waals surface area contributed by atoms with Gasteiger partial charge in [0, 0.05) is 23.6 Å². The second-order valence-electron chi connectivity index (χ2n) is 6.20. The number of thiazole rings is 1. The molecule has 21 heavy (non-hydrogen) atoms. The number of aromatic nitrogens is 1. The van der Waals surface area contributed by atoms with E-state index >= 15 is 0 Å². The maximum Gasteiger partial charge on any atom is 0.125 e. The van der Waals surface area contributed by atoms with Crippen molar-refractivity contribution in [3.63, 3.8) is 0 Å². The van der Waals surface area contributed by atoms with Crippen molar-refractivity contribution in [3.05, 3.63) is 46.4 Å². The van der Waals surface area contributed by atoms with Crippen LogP contribution >= 0.6 is 11.3 Å². The molecule has 1 N–H and O–H groups in total. The highest BCUT2D eigenvalue weighted by Crippen LogP contribution is 2.47. The first-order valence-electron chi connectivity index (χ1n) is 7.51. The first kappa shape index (κ1) is 14.5. The number of benzene rings is 1. The zero-order valence-electron chi connectivity index (χ0n) is 12.8. The Bertz CT molecular complexity index is 609. The second-order valence-corrected chi connectivity index (χ2v) is 7.10. The summed E-state index contributed by atoms with van der Waals surface area (Å²) in [6, 6.07) is 8.34. The Morgan fingerprint density at radius 1 is 1.33 bits per heavy atom. The lowest BCUT2D eigenvalue weighted by molar-refractivity contribution is 0.0449. The molecule has 4 heteroatoms. The van der Waals surface area contributed by atoms with E-state index in [1.54, 1.807) is 11.3 Å². The van der Waals surface area contributed by atoms with Crippen LogP contribution in [0.15, 0.2) is 35.8 Å². The second kappa shape index (κ2) is 5.43. The third-order valence-corrected chi connectivity index (χ3v) is 4.83. The molecule has 0 saturated carbocycles. The third-order valence-electron chi connectivity index (χ3n) is 3.90. The van der Waals surface area contributed by atoms with Crippen LogP contribution in [0.1, 0.15) is 44.2 Å². The largest absolute Gasteiger partial charge is 0.487 e. The Kier molecular flexibility index (Phi) is 3.76. The van der Waals surface area contributed by atoms with Gasteiger partial charge >= 0.3 is 0 Å². The summed E-state index contributed by atoms with van der Waals surface area (Å²) >= 11 is 1.71. The molecule has 1 aromatic carbocycles. The Morgan fingerprint density at radius 2 is 2.14 bits per heavy atom. The Hall–Kier alpha value is -1.39. The summed E-state index contributed by atoms with van der Waals surface area (Å²) in [5, 5.41) is 6.94. The van der Waals surface area contributed by atoms with E-state index in [2.05, 4.69) is 54.7 Å². The molecule has 1 aliphatic rings. The molecule has 1 atom stereocenters. The monoisotopic (exact) mass is 302 g/mol. The van der Waals surface area contributed by atoms with Gasteiger partial charge < -0.3 is 10.1 Å². The molecule has 0 amide bonds. The third kappa shape index (κ3) is 2.58. The van der Waals surface area contributed by atoms with E-state index in [-0.39, 0.29) is 11.1 Å². The normalized spacial score (nSPS) is 23.4. The van der Waals surface area contributed by atoms with Gasteiger partial charge in [0.25, 0.3) is 0 Å². The van der Waals surface area contributed by atoms with Gasteiger partial charge in [0.05, 0.1) is 0 Å². The Balaban J connectivity index is 2.18. The van der Waals surface area contributed by atoms with Gasteiger partial charge in [-0.05, 0) is 32.9 Å². The van der Waals surface area contributed by atoms with E-state index in [9.17, 15) is 0 Å². The van der Waals surface area contributed by atoms with E-state index in [0.29, 0.717) is 0 Å². The van der Waals surface area contributed by atoms with Gasteiger partial charge in [-0.25, -0.2) is 4.98 Å². The molecule has 0 aliphatic carbocycles.